The molecule has 0 saturated heterocycles. The number of hydrogen-bond acceptors (Lipinski definition) is 3. The van der Waals surface area contributed by atoms with E-state index in [0.29, 0.717) is 0 Å². The van der Waals surface area contributed by atoms with Crippen molar-refractivity contribution < 1.29 is 0 Å². The Hall–Kier alpha value is -2.42. The number of guanidine groups is 1. The standard InChI is InChI=1S/C21H26N6.HI/c1-3-12-24-21(22-2)25-13-19-6-4-5-7-20(19)18-10-8-17(9-11-18)14-27-16-23-15-26-27;/h4-11,15-16H,3,12-14H2,1-2H3,(H2,22,24,25);1H. The Kier molecular flexibility index (Phi) is 8.93. The van der Waals surface area contributed by atoms with Gasteiger partial charge in [0, 0.05) is 20.1 Å². The van der Waals surface area contributed by atoms with E-state index in [2.05, 4.69) is 81.2 Å². The van der Waals surface area contributed by atoms with Crippen LogP contribution >= 0.6 is 24.0 Å². The van der Waals surface area contributed by atoms with E-state index in [1.54, 1.807) is 19.7 Å². The lowest BCUT2D eigenvalue weighted by molar-refractivity contribution is 0.685. The van der Waals surface area contributed by atoms with Gasteiger partial charge in [0.15, 0.2) is 5.96 Å². The molecule has 2 N–H and O–H groups in total. The minimum atomic E-state index is 0. The molecule has 0 unspecified atom stereocenters. The van der Waals surface area contributed by atoms with Crippen molar-refractivity contribution in [1.82, 2.24) is 25.4 Å². The summed E-state index contributed by atoms with van der Waals surface area (Å²) in [5.41, 5.74) is 4.86. The molecule has 148 valence electrons. The molecule has 0 saturated carbocycles. The number of halogens is 1. The van der Waals surface area contributed by atoms with Gasteiger partial charge >= 0.3 is 0 Å². The first-order valence-corrected chi connectivity index (χ1v) is 9.24. The molecular weight excluding hydrogens is 463 g/mol. The number of nitrogens with one attached hydrogen (secondary N) is 2. The summed E-state index contributed by atoms with van der Waals surface area (Å²) >= 11 is 0. The Morgan fingerprint density at radius 1 is 1.07 bits per heavy atom. The van der Waals surface area contributed by atoms with Crippen molar-refractivity contribution in [3.8, 4) is 11.1 Å². The number of nitrogens with zero attached hydrogens (tertiary/aromatic N) is 4. The number of benzene rings is 2. The van der Waals surface area contributed by atoms with Crippen LogP contribution in [-0.2, 0) is 13.1 Å². The Morgan fingerprint density at radius 2 is 1.86 bits per heavy atom. The summed E-state index contributed by atoms with van der Waals surface area (Å²) in [6, 6.07) is 17.1. The van der Waals surface area contributed by atoms with Crippen LogP contribution in [0.2, 0.25) is 0 Å². The zero-order chi connectivity index (χ0) is 18.9. The fourth-order valence-electron chi connectivity index (χ4n) is 2.89. The van der Waals surface area contributed by atoms with Crippen LogP contribution in [0.4, 0.5) is 0 Å². The number of aromatic nitrogens is 3. The van der Waals surface area contributed by atoms with E-state index in [0.717, 1.165) is 32.0 Å². The summed E-state index contributed by atoms with van der Waals surface area (Å²) in [6.07, 6.45) is 4.35. The fraction of sp³-hybridized carbons (Fsp3) is 0.286. The van der Waals surface area contributed by atoms with Crippen LogP contribution in [0.1, 0.15) is 24.5 Å². The highest BCUT2D eigenvalue weighted by molar-refractivity contribution is 14.0. The van der Waals surface area contributed by atoms with Crippen LogP contribution in [0.5, 0.6) is 0 Å². The van der Waals surface area contributed by atoms with Crippen LogP contribution in [0, 0.1) is 0 Å². The summed E-state index contributed by atoms with van der Waals surface area (Å²) in [6.45, 7) is 4.50. The summed E-state index contributed by atoms with van der Waals surface area (Å²) in [7, 11) is 1.80. The maximum absolute atomic E-state index is 4.27. The molecule has 0 radical (unpaired) electrons. The van der Waals surface area contributed by atoms with Crippen molar-refractivity contribution in [3.63, 3.8) is 0 Å². The molecule has 0 aliphatic heterocycles. The van der Waals surface area contributed by atoms with E-state index in [9.17, 15) is 0 Å². The minimum absolute atomic E-state index is 0. The first kappa shape index (κ1) is 21.9. The highest BCUT2D eigenvalue weighted by atomic mass is 127. The Bertz CT molecular complexity index is 859. The normalized spacial score (nSPS) is 11.0. The lowest BCUT2D eigenvalue weighted by Gasteiger charge is -2.14. The van der Waals surface area contributed by atoms with Crippen molar-refractivity contribution >= 4 is 29.9 Å². The lowest BCUT2D eigenvalue weighted by atomic mass is 9.98. The molecule has 28 heavy (non-hydrogen) atoms. The molecule has 3 aromatic rings. The molecular formula is C21H27IN6. The second-order valence-corrected chi connectivity index (χ2v) is 6.30. The zero-order valence-corrected chi connectivity index (χ0v) is 18.6. The Labute approximate surface area is 183 Å². The minimum Gasteiger partial charge on any atom is -0.356 e. The average molecular weight is 490 g/mol. The third-order valence-electron chi connectivity index (χ3n) is 4.31. The molecule has 6 nitrogen and oxygen atoms in total. The second kappa shape index (κ2) is 11.4. The van der Waals surface area contributed by atoms with Gasteiger partial charge in [0.1, 0.15) is 12.7 Å². The zero-order valence-electron chi connectivity index (χ0n) is 16.3. The molecule has 0 fully saturated rings. The number of hydrogen-bond donors (Lipinski definition) is 2. The predicted molar refractivity (Wildman–Crippen MR) is 125 cm³/mol. The summed E-state index contributed by atoms with van der Waals surface area (Å²) in [5.74, 6) is 0.829. The first-order chi connectivity index (χ1) is 13.3. The topological polar surface area (TPSA) is 67.1 Å². The Morgan fingerprint density at radius 3 is 2.54 bits per heavy atom. The van der Waals surface area contributed by atoms with Crippen LogP contribution in [0.3, 0.4) is 0 Å². The quantitative estimate of drug-likeness (QED) is 0.301. The summed E-state index contributed by atoms with van der Waals surface area (Å²) in [4.78, 5) is 8.26. The van der Waals surface area contributed by atoms with Gasteiger partial charge in [0.2, 0.25) is 0 Å². The van der Waals surface area contributed by atoms with Gasteiger partial charge in [-0.15, -0.1) is 24.0 Å². The van der Waals surface area contributed by atoms with Crippen molar-refractivity contribution in [2.45, 2.75) is 26.4 Å². The fourth-order valence-corrected chi connectivity index (χ4v) is 2.89. The van der Waals surface area contributed by atoms with Crippen LogP contribution < -0.4 is 10.6 Å². The van der Waals surface area contributed by atoms with Crippen molar-refractivity contribution in [2.75, 3.05) is 13.6 Å². The van der Waals surface area contributed by atoms with Gasteiger partial charge in [-0.25, -0.2) is 9.67 Å². The molecule has 1 heterocycles. The van der Waals surface area contributed by atoms with Gasteiger partial charge < -0.3 is 10.6 Å². The lowest BCUT2D eigenvalue weighted by Crippen LogP contribution is -2.37. The molecule has 0 bridgehead atoms. The summed E-state index contributed by atoms with van der Waals surface area (Å²) in [5, 5.41) is 10.9. The maximum atomic E-state index is 4.27. The third-order valence-corrected chi connectivity index (χ3v) is 4.31. The first-order valence-electron chi connectivity index (χ1n) is 9.24. The molecule has 1 aromatic heterocycles. The van der Waals surface area contributed by atoms with Gasteiger partial charge in [-0.05, 0) is 28.7 Å². The van der Waals surface area contributed by atoms with E-state index >= 15 is 0 Å². The monoisotopic (exact) mass is 490 g/mol. The molecule has 0 spiro atoms. The van der Waals surface area contributed by atoms with E-state index in [1.165, 1.54) is 22.3 Å². The highest BCUT2D eigenvalue weighted by Crippen LogP contribution is 2.24. The predicted octanol–water partition coefficient (Wildman–Crippen LogP) is 3.69. The molecule has 0 aliphatic rings. The molecule has 0 aliphatic carbocycles. The van der Waals surface area contributed by atoms with Crippen LogP contribution in [0.15, 0.2) is 66.2 Å². The number of rotatable bonds is 7. The molecule has 3 rings (SSSR count). The van der Waals surface area contributed by atoms with E-state index < -0.39 is 0 Å². The Balaban J connectivity index is 0.00000280. The van der Waals surface area contributed by atoms with Gasteiger partial charge in [-0.2, -0.15) is 5.10 Å². The van der Waals surface area contributed by atoms with Crippen LogP contribution in [0.25, 0.3) is 11.1 Å². The SMILES string of the molecule is CCCNC(=NC)NCc1ccccc1-c1ccc(Cn2cncn2)cc1.I. The largest absolute Gasteiger partial charge is 0.356 e. The van der Waals surface area contributed by atoms with E-state index in [-0.39, 0.29) is 24.0 Å². The van der Waals surface area contributed by atoms with E-state index in [1.807, 2.05) is 4.68 Å². The van der Waals surface area contributed by atoms with Crippen LogP contribution in [-0.4, -0.2) is 34.3 Å². The highest BCUT2D eigenvalue weighted by Gasteiger charge is 2.06. The molecule has 7 heteroatoms. The number of aliphatic imine (C=N–C) groups is 1. The second-order valence-electron chi connectivity index (χ2n) is 6.30. The average Bonchev–Trinajstić information content (AvgIpc) is 3.22. The van der Waals surface area contributed by atoms with Gasteiger partial charge in [0.25, 0.3) is 0 Å². The van der Waals surface area contributed by atoms with Crippen molar-refractivity contribution in [1.29, 1.82) is 0 Å². The van der Waals surface area contributed by atoms with Crippen molar-refractivity contribution in [2.24, 2.45) is 4.99 Å². The van der Waals surface area contributed by atoms with Crippen molar-refractivity contribution in [3.05, 3.63) is 72.3 Å². The van der Waals surface area contributed by atoms with Gasteiger partial charge in [-0.3, -0.25) is 4.99 Å². The smallest absolute Gasteiger partial charge is 0.191 e. The van der Waals surface area contributed by atoms with E-state index in [4.69, 9.17) is 0 Å². The summed E-state index contributed by atoms with van der Waals surface area (Å²) < 4.78 is 1.82. The molecule has 2 aromatic carbocycles. The van der Waals surface area contributed by atoms with Gasteiger partial charge in [0.05, 0.1) is 6.54 Å². The molecule has 0 atom stereocenters. The molecule has 0 amide bonds. The van der Waals surface area contributed by atoms with Gasteiger partial charge in [-0.1, -0.05) is 55.5 Å². The third kappa shape index (κ3) is 6.05. The maximum Gasteiger partial charge on any atom is 0.191 e.